The van der Waals surface area contributed by atoms with Gasteiger partial charge in [0.25, 0.3) is 10.5 Å². The van der Waals surface area contributed by atoms with Crippen LogP contribution in [0.4, 0.5) is 4.79 Å². The van der Waals surface area contributed by atoms with E-state index in [2.05, 4.69) is 10.2 Å². The third-order valence-corrected chi connectivity index (χ3v) is 3.31. The monoisotopic (exact) mass is 279 g/mol. The van der Waals surface area contributed by atoms with E-state index in [-0.39, 0.29) is 16.2 Å². The summed E-state index contributed by atoms with van der Waals surface area (Å²) >= 11 is 0.892. The molecule has 1 aromatic carbocycles. The number of thioether (sulfide) groups is 1. The van der Waals surface area contributed by atoms with Gasteiger partial charge in [0, 0.05) is 30.9 Å². The van der Waals surface area contributed by atoms with Crippen molar-refractivity contribution in [3.05, 3.63) is 24.3 Å². The van der Waals surface area contributed by atoms with E-state index in [1.54, 1.807) is 24.1 Å². The number of hydrogen-bond donors (Lipinski definition) is 1. The summed E-state index contributed by atoms with van der Waals surface area (Å²) in [5.41, 5.74) is 0.688. The molecule has 6 nitrogen and oxygen atoms in total. The smallest absolute Gasteiger partial charge is 0.290 e. The van der Waals surface area contributed by atoms with Gasteiger partial charge in [-0.15, -0.1) is 10.2 Å². The van der Waals surface area contributed by atoms with E-state index in [1.807, 2.05) is 6.92 Å². The molecule has 0 saturated heterocycles. The lowest BCUT2D eigenvalue weighted by molar-refractivity contribution is 0.235. The number of amides is 1. The molecule has 0 bridgehead atoms. The standard InChI is InChI=1S/C12H13N3O3S/c1-3-15(2)12(17)19-11-14-13-10(18-11)8-4-6-9(16)7-5-8/h4-7,16H,3H2,1-2H3. The predicted octanol–water partition coefficient (Wildman–Crippen LogP) is 2.61. The van der Waals surface area contributed by atoms with Crippen LogP contribution in [-0.2, 0) is 0 Å². The molecular formula is C12H13N3O3S. The van der Waals surface area contributed by atoms with Crippen molar-refractivity contribution < 1.29 is 14.3 Å². The Hall–Kier alpha value is -2.02. The number of phenolic OH excluding ortho intramolecular Hbond substituents is 1. The molecule has 19 heavy (non-hydrogen) atoms. The molecule has 100 valence electrons. The van der Waals surface area contributed by atoms with Gasteiger partial charge in [-0.25, -0.2) is 0 Å². The lowest BCUT2D eigenvalue weighted by Gasteiger charge is -2.11. The second-order valence-corrected chi connectivity index (χ2v) is 4.70. The molecule has 1 heterocycles. The first-order valence-electron chi connectivity index (χ1n) is 5.66. The highest BCUT2D eigenvalue weighted by Gasteiger charge is 2.15. The van der Waals surface area contributed by atoms with Gasteiger partial charge in [-0.3, -0.25) is 4.79 Å². The Bertz CT molecular complexity index is 568. The van der Waals surface area contributed by atoms with Crippen LogP contribution in [-0.4, -0.2) is 39.0 Å². The van der Waals surface area contributed by atoms with Gasteiger partial charge in [0.2, 0.25) is 5.89 Å². The van der Waals surface area contributed by atoms with Gasteiger partial charge in [-0.1, -0.05) is 0 Å². The minimum Gasteiger partial charge on any atom is -0.508 e. The van der Waals surface area contributed by atoms with E-state index in [0.29, 0.717) is 18.0 Å². The van der Waals surface area contributed by atoms with Crippen molar-refractivity contribution in [3.63, 3.8) is 0 Å². The maximum Gasteiger partial charge on any atom is 0.290 e. The minimum atomic E-state index is -0.150. The average molecular weight is 279 g/mol. The number of benzene rings is 1. The molecule has 0 aliphatic heterocycles. The van der Waals surface area contributed by atoms with E-state index in [4.69, 9.17) is 4.42 Å². The lowest BCUT2D eigenvalue weighted by atomic mass is 10.2. The molecule has 1 amide bonds. The van der Waals surface area contributed by atoms with Crippen molar-refractivity contribution in [1.82, 2.24) is 15.1 Å². The van der Waals surface area contributed by atoms with Crippen LogP contribution >= 0.6 is 11.8 Å². The summed E-state index contributed by atoms with van der Waals surface area (Å²) in [6.45, 7) is 2.50. The second kappa shape index (κ2) is 5.75. The number of carbonyl (C=O) groups is 1. The van der Waals surface area contributed by atoms with Crippen molar-refractivity contribution in [2.24, 2.45) is 0 Å². The molecule has 2 aromatic rings. The summed E-state index contributed by atoms with van der Waals surface area (Å²) in [7, 11) is 1.70. The quantitative estimate of drug-likeness (QED) is 0.870. The summed E-state index contributed by atoms with van der Waals surface area (Å²) in [6.07, 6.45) is 0. The van der Waals surface area contributed by atoms with E-state index >= 15 is 0 Å². The Kier molecular flexibility index (Phi) is 4.06. The molecule has 0 fully saturated rings. The van der Waals surface area contributed by atoms with Gasteiger partial charge in [0.05, 0.1) is 0 Å². The van der Waals surface area contributed by atoms with Crippen molar-refractivity contribution in [2.75, 3.05) is 13.6 Å². The van der Waals surface area contributed by atoms with Crippen LogP contribution in [0, 0.1) is 0 Å². The highest BCUT2D eigenvalue weighted by atomic mass is 32.2. The molecule has 1 aromatic heterocycles. The fraction of sp³-hybridized carbons (Fsp3) is 0.250. The van der Waals surface area contributed by atoms with Crippen LogP contribution in [0.5, 0.6) is 5.75 Å². The topological polar surface area (TPSA) is 79.5 Å². The van der Waals surface area contributed by atoms with Crippen LogP contribution < -0.4 is 0 Å². The largest absolute Gasteiger partial charge is 0.508 e. The molecule has 0 aliphatic rings. The molecule has 0 spiro atoms. The lowest BCUT2D eigenvalue weighted by Crippen LogP contribution is -2.21. The number of aromatic nitrogens is 2. The zero-order valence-corrected chi connectivity index (χ0v) is 11.3. The van der Waals surface area contributed by atoms with Crippen LogP contribution in [0.25, 0.3) is 11.5 Å². The van der Waals surface area contributed by atoms with Crippen LogP contribution in [0.1, 0.15) is 6.92 Å². The maximum absolute atomic E-state index is 11.7. The molecule has 1 N–H and O–H groups in total. The summed E-state index contributed by atoms with van der Waals surface area (Å²) in [4.78, 5) is 13.2. The van der Waals surface area contributed by atoms with E-state index in [1.165, 1.54) is 12.1 Å². The van der Waals surface area contributed by atoms with Gasteiger partial charge in [0.15, 0.2) is 0 Å². The normalized spacial score (nSPS) is 10.4. The first kappa shape index (κ1) is 13.4. The van der Waals surface area contributed by atoms with Gasteiger partial charge >= 0.3 is 0 Å². The number of carbonyl (C=O) groups excluding carboxylic acids is 1. The van der Waals surface area contributed by atoms with Crippen LogP contribution in [0.15, 0.2) is 33.9 Å². The number of aromatic hydroxyl groups is 1. The molecule has 0 unspecified atom stereocenters. The van der Waals surface area contributed by atoms with Crippen molar-refractivity contribution in [1.29, 1.82) is 0 Å². The number of nitrogens with zero attached hydrogens (tertiary/aromatic N) is 3. The molecule has 0 aliphatic carbocycles. The summed E-state index contributed by atoms with van der Waals surface area (Å²) in [5.74, 6) is 0.479. The highest BCUT2D eigenvalue weighted by Crippen LogP contribution is 2.25. The Balaban J connectivity index is 2.11. The molecule has 7 heteroatoms. The third kappa shape index (κ3) is 3.25. The predicted molar refractivity (Wildman–Crippen MR) is 71.0 cm³/mol. The Labute approximate surface area is 114 Å². The summed E-state index contributed by atoms with van der Waals surface area (Å²) < 4.78 is 5.39. The third-order valence-electron chi connectivity index (χ3n) is 2.48. The van der Waals surface area contributed by atoms with E-state index in [0.717, 1.165) is 11.8 Å². The Morgan fingerprint density at radius 3 is 2.68 bits per heavy atom. The number of phenols is 1. The summed E-state index contributed by atoms with van der Waals surface area (Å²) in [5, 5.41) is 16.9. The second-order valence-electron chi connectivity index (χ2n) is 3.80. The zero-order chi connectivity index (χ0) is 13.8. The maximum atomic E-state index is 11.7. The molecule has 0 atom stereocenters. The van der Waals surface area contributed by atoms with E-state index < -0.39 is 0 Å². The highest BCUT2D eigenvalue weighted by molar-refractivity contribution is 8.13. The molecule has 0 saturated carbocycles. The SMILES string of the molecule is CCN(C)C(=O)Sc1nnc(-c2ccc(O)cc2)o1. The Morgan fingerprint density at radius 1 is 1.37 bits per heavy atom. The van der Waals surface area contributed by atoms with Crippen LogP contribution in [0.2, 0.25) is 0 Å². The van der Waals surface area contributed by atoms with Gasteiger partial charge in [0.1, 0.15) is 5.75 Å². The summed E-state index contributed by atoms with van der Waals surface area (Å²) in [6, 6.07) is 6.39. The van der Waals surface area contributed by atoms with E-state index in [9.17, 15) is 9.90 Å². The number of rotatable bonds is 3. The van der Waals surface area contributed by atoms with Crippen molar-refractivity contribution in [2.45, 2.75) is 12.1 Å². The molecule has 2 rings (SSSR count). The Morgan fingerprint density at radius 2 is 2.05 bits per heavy atom. The van der Waals surface area contributed by atoms with Gasteiger partial charge in [-0.2, -0.15) is 0 Å². The fourth-order valence-electron chi connectivity index (χ4n) is 1.25. The minimum absolute atomic E-state index is 0.150. The van der Waals surface area contributed by atoms with Crippen molar-refractivity contribution in [3.8, 4) is 17.2 Å². The molecular weight excluding hydrogens is 266 g/mol. The first-order valence-corrected chi connectivity index (χ1v) is 6.47. The zero-order valence-electron chi connectivity index (χ0n) is 10.5. The average Bonchev–Trinajstić information content (AvgIpc) is 2.87. The van der Waals surface area contributed by atoms with Crippen molar-refractivity contribution >= 4 is 17.0 Å². The van der Waals surface area contributed by atoms with Gasteiger partial charge < -0.3 is 14.4 Å². The van der Waals surface area contributed by atoms with Gasteiger partial charge in [-0.05, 0) is 31.2 Å². The molecule has 0 radical (unpaired) electrons. The fourth-order valence-corrected chi connectivity index (χ4v) is 1.89. The first-order chi connectivity index (χ1) is 9.10. The number of hydrogen-bond acceptors (Lipinski definition) is 6. The van der Waals surface area contributed by atoms with Crippen LogP contribution in [0.3, 0.4) is 0 Å².